The third-order valence-electron chi connectivity index (χ3n) is 3.64. The Kier molecular flexibility index (Phi) is 5.66. The van der Waals surface area contributed by atoms with Crippen LogP contribution in [0.3, 0.4) is 0 Å². The molecule has 7 heteroatoms. The van der Waals surface area contributed by atoms with Crippen LogP contribution in [0, 0.1) is 0 Å². The van der Waals surface area contributed by atoms with Gasteiger partial charge in [0.2, 0.25) is 0 Å². The molecule has 3 rings (SSSR count). The first-order valence-corrected chi connectivity index (χ1v) is 8.32. The van der Waals surface area contributed by atoms with Crippen LogP contribution in [0.5, 0.6) is 5.75 Å². The van der Waals surface area contributed by atoms with Crippen LogP contribution in [0.25, 0.3) is 0 Å². The van der Waals surface area contributed by atoms with E-state index in [9.17, 15) is 4.79 Å². The lowest BCUT2D eigenvalue weighted by Crippen LogP contribution is -2.10. The topological polar surface area (TPSA) is 79.4 Å². The molecule has 0 unspecified atom stereocenters. The van der Waals surface area contributed by atoms with Crippen molar-refractivity contribution in [3.05, 3.63) is 87.3 Å². The maximum atomic E-state index is 11.4. The van der Waals surface area contributed by atoms with E-state index in [0.717, 1.165) is 16.9 Å². The summed E-state index contributed by atoms with van der Waals surface area (Å²) in [4.78, 5) is 11.4. The number of H-pyrrole nitrogens is 1. The fourth-order valence-corrected chi connectivity index (χ4v) is 2.36. The van der Waals surface area contributed by atoms with Gasteiger partial charge in [0.25, 0.3) is 5.56 Å². The summed E-state index contributed by atoms with van der Waals surface area (Å²) in [6.45, 7) is 2.34. The molecule has 0 aliphatic heterocycles. The van der Waals surface area contributed by atoms with E-state index in [0.29, 0.717) is 18.0 Å². The van der Waals surface area contributed by atoms with Crippen molar-refractivity contribution in [1.29, 1.82) is 0 Å². The average molecular weight is 369 g/mol. The van der Waals surface area contributed by atoms with Crippen LogP contribution < -0.4 is 15.7 Å². The van der Waals surface area contributed by atoms with Gasteiger partial charge in [-0.1, -0.05) is 54.1 Å². The number of nitrogens with one attached hydrogen (secondary N) is 2. The summed E-state index contributed by atoms with van der Waals surface area (Å²) in [7, 11) is 0. The molecule has 0 atom stereocenters. The Bertz CT molecular complexity index is 971. The molecule has 0 bridgehead atoms. The van der Waals surface area contributed by atoms with Crippen molar-refractivity contribution in [2.75, 3.05) is 5.43 Å². The number of aromatic nitrogens is 2. The molecule has 6 nitrogen and oxygen atoms in total. The molecule has 0 fully saturated rings. The Balaban J connectivity index is 1.70. The van der Waals surface area contributed by atoms with Crippen LogP contribution >= 0.6 is 11.6 Å². The SMILES string of the molecule is CC(=NNc1cn[nH]c(=O)c1Cl)c1cccc(OCc2ccccc2)c1. The fourth-order valence-electron chi connectivity index (χ4n) is 2.22. The lowest BCUT2D eigenvalue weighted by atomic mass is 10.1. The monoisotopic (exact) mass is 368 g/mol. The zero-order valence-corrected chi connectivity index (χ0v) is 14.8. The van der Waals surface area contributed by atoms with Gasteiger partial charge in [0.1, 0.15) is 23.1 Å². The minimum absolute atomic E-state index is 0.0106. The second-order valence-electron chi connectivity index (χ2n) is 5.54. The highest BCUT2D eigenvalue weighted by Gasteiger charge is 2.05. The predicted octanol–water partition coefficient (Wildman–Crippen LogP) is 3.84. The van der Waals surface area contributed by atoms with Gasteiger partial charge in [-0.05, 0) is 24.6 Å². The summed E-state index contributed by atoms with van der Waals surface area (Å²) in [5.41, 5.74) is 5.33. The second kappa shape index (κ2) is 8.31. The summed E-state index contributed by atoms with van der Waals surface area (Å²) >= 11 is 5.91. The van der Waals surface area contributed by atoms with E-state index in [2.05, 4.69) is 20.7 Å². The minimum atomic E-state index is -0.471. The molecule has 2 aromatic carbocycles. The summed E-state index contributed by atoms with van der Waals surface area (Å²) in [5.74, 6) is 0.747. The Morgan fingerprint density at radius 3 is 2.85 bits per heavy atom. The highest BCUT2D eigenvalue weighted by molar-refractivity contribution is 6.32. The molecule has 3 aromatic rings. The fraction of sp³-hybridized carbons (Fsp3) is 0.105. The van der Waals surface area contributed by atoms with Crippen molar-refractivity contribution >= 4 is 23.0 Å². The molecule has 26 heavy (non-hydrogen) atoms. The summed E-state index contributed by atoms with van der Waals surface area (Å²) in [5, 5.41) is 10.2. The van der Waals surface area contributed by atoms with Gasteiger partial charge in [-0.3, -0.25) is 10.2 Å². The molecule has 0 spiro atoms. The molecule has 0 aliphatic rings. The smallest absolute Gasteiger partial charge is 0.285 e. The van der Waals surface area contributed by atoms with Crippen molar-refractivity contribution in [2.45, 2.75) is 13.5 Å². The van der Waals surface area contributed by atoms with E-state index in [-0.39, 0.29) is 5.02 Å². The maximum absolute atomic E-state index is 11.4. The highest BCUT2D eigenvalue weighted by atomic mass is 35.5. The van der Waals surface area contributed by atoms with Crippen molar-refractivity contribution < 1.29 is 4.74 Å². The molecule has 0 saturated heterocycles. The van der Waals surface area contributed by atoms with Gasteiger partial charge in [0.05, 0.1) is 11.9 Å². The van der Waals surface area contributed by atoms with E-state index in [1.165, 1.54) is 6.20 Å². The molecule has 1 aromatic heterocycles. The van der Waals surface area contributed by atoms with Gasteiger partial charge in [0, 0.05) is 5.56 Å². The molecule has 132 valence electrons. The van der Waals surface area contributed by atoms with Crippen LogP contribution in [-0.4, -0.2) is 15.9 Å². The van der Waals surface area contributed by atoms with Crippen LogP contribution in [0.2, 0.25) is 5.02 Å². The zero-order valence-electron chi connectivity index (χ0n) is 14.1. The average Bonchev–Trinajstić information content (AvgIpc) is 2.68. The van der Waals surface area contributed by atoms with E-state index < -0.39 is 5.56 Å². The van der Waals surface area contributed by atoms with Gasteiger partial charge < -0.3 is 4.74 Å². The van der Waals surface area contributed by atoms with E-state index in [1.54, 1.807) is 0 Å². The molecule has 0 saturated carbocycles. The predicted molar refractivity (Wildman–Crippen MR) is 103 cm³/mol. The van der Waals surface area contributed by atoms with Crippen molar-refractivity contribution in [3.8, 4) is 5.75 Å². The largest absolute Gasteiger partial charge is 0.489 e. The molecule has 0 amide bonds. The van der Waals surface area contributed by atoms with Crippen molar-refractivity contribution in [2.24, 2.45) is 5.10 Å². The number of aromatic amines is 1. The summed E-state index contributed by atoms with van der Waals surface area (Å²) < 4.78 is 5.83. The first-order chi connectivity index (χ1) is 12.6. The van der Waals surface area contributed by atoms with Gasteiger partial charge in [-0.2, -0.15) is 10.2 Å². The van der Waals surface area contributed by atoms with Gasteiger partial charge >= 0.3 is 0 Å². The normalized spacial score (nSPS) is 11.2. The van der Waals surface area contributed by atoms with Crippen LogP contribution in [0.15, 0.2) is 70.7 Å². The van der Waals surface area contributed by atoms with Gasteiger partial charge in [-0.15, -0.1) is 0 Å². The number of hydrazone groups is 1. The summed E-state index contributed by atoms with van der Waals surface area (Å²) in [6, 6.07) is 17.6. The number of benzene rings is 2. The Hall–Kier alpha value is -3.12. The van der Waals surface area contributed by atoms with Crippen LogP contribution in [-0.2, 0) is 6.61 Å². The van der Waals surface area contributed by atoms with Crippen molar-refractivity contribution in [3.63, 3.8) is 0 Å². The molecular weight excluding hydrogens is 352 g/mol. The first kappa shape index (κ1) is 17.7. The van der Waals surface area contributed by atoms with E-state index in [4.69, 9.17) is 16.3 Å². The molecule has 0 aliphatic carbocycles. The second-order valence-corrected chi connectivity index (χ2v) is 5.92. The van der Waals surface area contributed by atoms with Gasteiger partial charge in [0.15, 0.2) is 0 Å². The Labute approximate surface area is 155 Å². The number of halogens is 1. The Morgan fingerprint density at radius 2 is 2.04 bits per heavy atom. The van der Waals surface area contributed by atoms with Gasteiger partial charge in [-0.25, -0.2) is 5.10 Å². The number of hydrogen-bond acceptors (Lipinski definition) is 5. The number of anilines is 1. The number of nitrogens with zero attached hydrogens (tertiary/aromatic N) is 2. The minimum Gasteiger partial charge on any atom is -0.489 e. The van der Waals surface area contributed by atoms with E-state index in [1.807, 2.05) is 61.5 Å². The standard InChI is InChI=1S/C19H17ClN4O2/c1-13(22-23-17-11-21-24-19(25)18(17)20)15-8-5-9-16(10-15)26-12-14-6-3-2-4-7-14/h2-11H,12H2,1H3,(H2,23,24,25). The summed E-state index contributed by atoms with van der Waals surface area (Å²) in [6.07, 6.45) is 1.40. The third kappa shape index (κ3) is 4.49. The number of ether oxygens (including phenoxy) is 1. The molecular formula is C19H17ClN4O2. The van der Waals surface area contributed by atoms with Crippen LogP contribution in [0.4, 0.5) is 5.69 Å². The molecule has 1 heterocycles. The first-order valence-electron chi connectivity index (χ1n) is 7.94. The quantitative estimate of drug-likeness (QED) is 0.511. The molecule has 2 N–H and O–H groups in total. The number of rotatable bonds is 6. The van der Waals surface area contributed by atoms with E-state index >= 15 is 0 Å². The highest BCUT2D eigenvalue weighted by Crippen LogP contribution is 2.17. The van der Waals surface area contributed by atoms with Crippen molar-refractivity contribution in [1.82, 2.24) is 10.2 Å². The third-order valence-corrected chi connectivity index (χ3v) is 4.02. The Morgan fingerprint density at radius 1 is 1.23 bits per heavy atom. The molecule has 0 radical (unpaired) electrons. The zero-order chi connectivity index (χ0) is 18.4. The lowest BCUT2D eigenvalue weighted by Gasteiger charge is -2.09. The lowest BCUT2D eigenvalue weighted by molar-refractivity contribution is 0.306. The number of hydrogen-bond donors (Lipinski definition) is 2. The maximum Gasteiger partial charge on any atom is 0.285 e. The van der Waals surface area contributed by atoms with Crippen LogP contribution in [0.1, 0.15) is 18.1 Å².